The molecule has 19 heavy (non-hydrogen) atoms. The zero-order valence-corrected chi connectivity index (χ0v) is 11.3. The van der Waals surface area contributed by atoms with Crippen LogP contribution in [0, 0.1) is 6.92 Å². The summed E-state index contributed by atoms with van der Waals surface area (Å²) in [5.74, 6) is 2.09. The monoisotopic (exact) mass is 258 g/mol. The van der Waals surface area contributed by atoms with Crippen LogP contribution >= 0.6 is 0 Å². The van der Waals surface area contributed by atoms with Crippen molar-refractivity contribution in [3.63, 3.8) is 0 Å². The van der Waals surface area contributed by atoms with E-state index >= 15 is 0 Å². The van der Waals surface area contributed by atoms with Crippen LogP contribution in [-0.2, 0) is 0 Å². The second-order valence-electron chi connectivity index (χ2n) is 5.09. The molecule has 2 aromatic heterocycles. The molecule has 0 spiro atoms. The fourth-order valence-electron chi connectivity index (χ4n) is 2.61. The van der Waals surface area contributed by atoms with Gasteiger partial charge in [-0.3, -0.25) is 0 Å². The molecule has 1 atom stereocenters. The second kappa shape index (κ2) is 4.57. The van der Waals surface area contributed by atoms with Gasteiger partial charge in [-0.1, -0.05) is 0 Å². The summed E-state index contributed by atoms with van der Waals surface area (Å²) in [4.78, 5) is 2.29. The minimum atomic E-state index is 0.487. The number of aromatic nitrogens is 2. The molecule has 100 valence electrons. The highest BCUT2D eigenvalue weighted by molar-refractivity contribution is 5.69. The van der Waals surface area contributed by atoms with Crippen molar-refractivity contribution >= 4 is 11.5 Å². The molecule has 1 aliphatic rings. The highest BCUT2D eigenvalue weighted by atomic mass is 16.3. The number of hydrogen-bond donors (Lipinski definition) is 1. The Bertz CT molecular complexity index is 593. The van der Waals surface area contributed by atoms with Gasteiger partial charge in [0, 0.05) is 12.6 Å². The number of hydrogen-bond acceptors (Lipinski definition) is 5. The first kappa shape index (κ1) is 12.0. The zero-order chi connectivity index (χ0) is 13.4. The summed E-state index contributed by atoms with van der Waals surface area (Å²) < 4.78 is 5.59. The first-order chi connectivity index (χ1) is 9.15. The van der Waals surface area contributed by atoms with Gasteiger partial charge in [0.05, 0.1) is 5.69 Å². The van der Waals surface area contributed by atoms with Gasteiger partial charge >= 0.3 is 0 Å². The quantitative estimate of drug-likeness (QED) is 0.896. The lowest BCUT2D eigenvalue weighted by Gasteiger charge is -2.24. The summed E-state index contributed by atoms with van der Waals surface area (Å²) in [6, 6.07) is 6.30. The largest absolute Gasteiger partial charge is 0.460 e. The Morgan fingerprint density at radius 3 is 2.84 bits per heavy atom. The predicted octanol–water partition coefficient (Wildman–Crippen LogP) is 2.62. The lowest BCUT2D eigenvalue weighted by Crippen LogP contribution is -2.27. The van der Waals surface area contributed by atoms with Crippen LogP contribution in [-0.4, -0.2) is 22.8 Å². The molecule has 2 aromatic rings. The van der Waals surface area contributed by atoms with Crippen molar-refractivity contribution in [2.45, 2.75) is 32.7 Å². The third-order valence-electron chi connectivity index (χ3n) is 3.66. The summed E-state index contributed by atoms with van der Waals surface area (Å²) in [5, 5.41) is 8.19. The van der Waals surface area contributed by atoms with E-state index in [0.29, 0.717) is 11.9 Å². The summed E-state index contributed by atoms with van der Waals surface area (Å²) in [5.41, 5.74) is 7.66. The molecule has 0 radical (unpaired) electrons. The Labute approximate surface area is 112 Å². The van der Waals surface area contributed by atoms with Gasteiger partial charge < -0.3 is 15.1 Å². The Morgan fingerprint density at radius 2 is 2.21 bits per heavy atom. The molecule has 0 amide bonds. The molecule has 0 saturated carbocycles. The molecule has 3 rings (SSSR count). The van der Waals surface area contributed by atoms with Crippen LogP contribution < -0.4 is 10.6 Å². The van der Waals surface area contributed by atoms with E-state index in [1.165, 1.54) is 12.8 Å². The van der Waals surface area contributed by atoms with Crippen LogP contribution in [0.4, 0.5) is 11.5 Å². The fraction of sp³-hybridized carbons (Fsp3) is 0.429. The van der Waals surface area contributed by atoms with Gasteiger partial charge in [0.1, 0.15) is 11.5 Å². The Balaban J connectivity index is 2.00. The SMILES string of the molecule is Cc1ccc(-c2cc(N3CCC[C@@H]3C)c(N)nn2)o1. The van der Waals surface area contributed by atoms with Crippen LogP contribution in [0.25, 0.3) is 11.5 Å². The normalized spacial score (nSPS) is 19.1. The molecular weight excluding hydrogens is 240 g/mol. The number of nitrogens with zero attached hydrogens (tertiary/aromatic N) is 3. The summed E-state index contributed by atoms with van der Waals surface area (Å²) in [6.07, 6.45) is 2.38. The van der Waals surface area contributed by atoms with E-state index in [9.17, 15) is 0 Å². The standard InChI is InChI=1S/C14H18N4O/c1-9-4-3-7-18(9)12-8-11(16-17-14(12)15)13-6-5-10(2)19-13/h5-6,8-9H,3-4,7H2,1-2H3,(H2,15,17)/t9-/m0/s1. The Kier molecular flexibility index (Phi) is 2.89. The van der Waals surface area contributed by atoms with Crippen LogP contribution in [0.1, 0.15) is 25.5 Å². The van der Waals surface area contributed by atoms with Gasteiger partial charge in [-0.15, -0.1) is 10.2 Å². The number of aryl methyl sites for hydroxylation is 1. The van der Waals surface area contributed by atoms with E-state index in [1.807, 2.05) is 25.1 Å². The van der Waals surface area contributed by atoms with Crippen LogP contribution in [0.3, 0.4) is 0 Å². The number of furan rings is 1. The minimum absolute atomic E-state index is 0.487. The molecule has 2 N–H and O–H groups in total. The highest BCUT2D eigenvalue weighted by Gasteiger charge is 2.23. The highest BCUT2D eigenvalue weighted by Crippen LogP contribution is 2.31. The van der Waals surface area contributed by atoms with Gasteiger partial charge in [0.2, 0.25) is 0 Å². The third-order valence-corrected chi connectivity index (χ3v) is 3.66. The first-order valence-corrected chi connectivity index (χ1v) is 6.62. The van der Waals surface area contributed by atoms with E-state index in [1.54, 1.807) is 0 Å². The van der Waals surface area contributed by atoms with Crippen LogP contribution in [0.5, 0.6) is 0 Å². The number of nitrogen functional groups attached to an aromatic ring is 1. The molecule has 1 fully saturated rings. The van der Waals surface area contributed by atoms with Crippen molar-refractivity contribution in [3.8, 4) is 11.5 Å². The lowest BCUT2D eigenvalue weighted by atomic mass is 10.2. The van der Waals surface area contributed by atoms with Crippen molar-refractivity contribution in [2.24, 2.45) is 0 Å². The van der Waals surface area contributed by atoms with E-state index in [0.717, 1.165) is 29.4 Å². The maximum Gasteiger partial charge on any atom is 0.169 e. The average Bonchev–Trinajstić information content (AvgIpc) is 2.99. The first-order valence-electron chi connectivity index (χ1n) is 6.62. The number of anilines is 2. The van der Waals surface area contributed by atoms with E-state index < -0.39 is 0 Å². The summed E-state index contributed by atoms with van der Waals surface area (Å²) in [7, 11) is 0. The topological polar surface area (TPSA) is 68.2 Å². The number of nitrogens with two attached hydrogens (primary N) is 1. The molecule has 3 heterocycles. The predicted molar refractivity (Wildman–Crippen MR) is 74.9 cm³/mol. The van der Waals surface area contributed by atoms with Crippen molar-refractivity contribution in [2.75, 3.05) is 17.2 Å². The van der Waals surface area contributed by atoms with Crippen molar-refractivity contribution in [1.82, 2.24) is 10.2 Å². The Morgan fingerprint density at radius 1 is 1.37 bits per heavy atom. The molecule has 5 nitrogen and oxygen atoms in total. The molecule has 0 unspecified atom stereocenters. The fourth-order valence-corrected chi connectivity index (χ4v) is 2.61. The van der Waals surface area contributed by atoms with E-state index in [2.05, 4.69) is 22.0 Å². The summed E-state index contributed by atoms with van der Waals surface area (Å²) >= 11 is 0. The van der Waals surface area contributed by atoms with Crippen molar-refractivity contribution in [3.05, 3.63) is 24.0 Å². The molecule has 5 heteroatoms. The minimum Gasteiger partial charge on any atom is -0.460 e. The van der Waals surface area contributed by atoms with Crippen LogP contribution in [0.2, 0.25) is 0 Å². The van der Waals surface area contributed by atoms with E-state index in [-0.39, 0.29) is 0 Å². The van der Waals surface area contributed by atoms with Gasteiger partial charge in [0.25, 0.3) is 0 Å². The molecular formula is C14H18N4O. The Hall–Kier alpha value is -2.04. The second-order valence-corrected chi connectivity index (χ2v) is 5.09. The van der Waals surface area contributed by atoms with Crippen LogP contribution in [0.15, 0.2) is 22.6 Å². The molecule has 0 aromatic carbocycles. The third kappa shape index (κ3) is 2.16. The van der Waals surface area contributed by atoms with Gasteiger partial charge in [0.15, 0.2) is 11.6 Å². The molecule has 0 aliphatic carbocycles. The van der Waals surface area contributed by atoms with Crippen molar-refractivity contribution in [1.29, 1.82) is 0 Å². The molecule has 1 aliphatic heterocycles. The summed E-state index contributed by atoms with van der Waals surface area (Å²) in [6.45, 7) is 5.15. The molecule has 0 bridgehead atoms. The smallest absolute Gasteiger partial charge is 0.169 e. The maximum atomic E-state index is 5.97. The van der Waals surface area contributed by atoms with Gasteiger partial charge in [-0.25, -0.2) is 0 Å². The maximum absolute atomic E-state index is 5.97. The zero-order valence-electron chi connectivity index (χ0n) is 11.3. The van der Waals surface area contributed by atoms with E-state index in [4.69, 9.17) is 10.2 Å². The molecule has 1 saturated heterocycles. The average molecular weight is 258 g/mol. The van der Waals surface area contributed by atoms with Crippen molar-refractivity contribution < 1.29 is 4.42 Å². The van der Waals surface area contributed by atoms with Gasteiger partial charge in [-0.05, 0) is 44.9 Å². The number of rotatable bonds is 2. The lowest BCUT2D eigenvalue weighted by molar-refractivity contribution is 0.545. The van der Waals surface area contributed by atoms with Gasteiger partial charge in [-0.2, -0.15) is 0 Å².